The van der Waals surface area contributed by atoms with Crippen LogP contribution in [-0.2, 0) is 4.79 Å². The van der Waals surface area contributed by atoms with Gasteiger partial charge in [0, 0.05) is 31.1 Å². The molecule has 1 aromatic rings. The first kappa shape index (κ1) is 16.8. The maximum absolute atomic E-state index is 12.3. The summed E-state index contributed by atoms with van der Waals surface area (Å²) in [6, 6.07) is 2.04. The molecule has 7 nitrogen and oxygen atoms in total. The summed E-state index contributed by atoms with van der Waals surface area (Å²) in [5, 5.41) is 9.70. The van der Waals surface area contributed by atoms with E-state index in [4.69, 9.17) is 4.52 Å². The Hall–Kier alpha value is -2.05. The number of hydrogen-bond donors (Lipinski definition) is 2. The van der Waals surface area contributed by atoms with E-state index < -0.39 is 0 Å². The van der Waals surface area contributed by atoms with Crippen molar-refractivity contribution in [2.75, 3.05) is 18.4 Å². The van der Waals surface area contributed by atoms with Gasteiger partial charge in [0.2, 0.25) is 5.91 Å². The number of nitrogens with zero attached hydrogens (tertiary/aromatic N) is 2. The number of hydrogen-bond acceptors (Lipinski definition) is 4. The third-order valence-corrected chi connectivity index (χ3v) is 4.96. The van der Waals surface area contributed by atoms with Crippen molar-refractivity contribution in [3.8, 4) is 0 Å². The van der Waals surface area contributed by atoms with Gasteiger partial charge in [-0.05, 0) is 32.6 Å². The Kier molecular flexibility index (Phi) is 5.37. The minimum atomic E-state index is -0.0827. The molecule has 2 heterocycles. The van der Waals surface area contributed by atoms with Crippen molar-refractivity contribution < 1.29 is 14.1 Å². The predicted octanol–water partition coefficient (Wildman–Crippen LogP) is 2.68. The minimum absolute atomic E-state index is 0.0212. The number of urea groups is 1. The lowest BCUT2D eigenvalue weighted by molar-refractivity contribution is -0.121. The first-order valence-corrected chi connectivity index (χ1v) is 8.91. The fourth-order valence-corrected chi connectivity index (χ4v) is 3.51. The van der Waals surface area contributed by atoms with E-state index >= 15 is 0 Å². The van der Waals surface area contributed by atoms with Gasteiger partial charge >= 0.3 is 6.03 Å². The van der Waals surface area contributed by atoms with E-state index in [1.165, 1.54) is 19.3 Å². The first-order chi connectivity index (χ1) is 11.6. The van der Waals surface area contributed by atoms with E-state index in [0.29, 0.717) is 43.6 Å². The summed E-state index contributed by atoms with van der Waals surface area (Å²) in [7, 11) is 0. The Balaban J connectivity index is 1.43. The van der Waals surface area contributed by atoms with Crippen molar-refractivity contribution in [1.82, 2.24) is 15.4 Å². The molecule has 0 atom stereocenters. The molecule has 1 saturated heterocycles. The fraction of sp³-hybridized carbons (Fsp3) is 0.706. The highest BCUT2D eigenvalue weighted by Gasteiger charge is 2.28. The van der Waals surface area contributed by atoms with Crippen LogP contribution in [-0.4, -0.2) is 41.1 Å². The molecule has 0 unspecified atom stereocenters. The molecule has 0 spiro atoms. The van der Waals surface area contributed by atoms with E-state index in [9.17, 15) is 9.59 Å². The molecule has 132 valence electrons. The van der Waals surface area contributed by atoms with Gasteiger partial charge in [-0.2, -0.15) is 0 Å². The molecular weight excluding hydrogens is 308 g/mol. The van der Waals surface area contributed by atoms with Crippen LogP contribution < -0.4 is 10.6 Å². The Morgan fingerprint density at radius 2 is 1.88 bits per heavy atom. The van der Waals surface area contributed by atoms with Crippen LogP contribution >= 0.6 is 0 Å². The normalized spacial score (nSPS) is 20.0. The second kappa shape index (κ2) is 7.68. The maximum Gasteiger partial charge on any atom is 0.317 e. The van der Waals surface area contributed by atoms with Gasteiger partial charge in [-0.3, -0.25) is 4.79 Å². The molecule has 1 saturated carbocycles. The Bertz CT molecular complexity index is 572. The van der Waals surface area contributed by atoms with Crippen LogP contribution in [0.15, 0.2) is 10.6 Å². The van der Waals surface area contributed by atoms with Crippen LogP contribution in [0.4, 0.5) is 10.6 Å². The number of aryl methyl sites for hydroxylation is 1. The van der Waals surface area contributed by atoms with Crippen molar-refractivity contribution in [2.45, 2.75) is 57.9 Å². The molecule has 2 aliphatic rings. The number of amides is 3. The second-order valence-electron chi connectivity index (χ2n) is 6.86. The lowest BCUT2D eigenvalue weighted by Crippen LogP contribution is -2.49. The Morgan fingerprint density at radius 1 is 1.17 bits per heavy atom. The van der Waals surface area contributed by atoms with Crippen LogP contribution in [0.5, 0.6) is 0 Å². The van der Waals surface area contributed by atoms with Crippen LogP contribution in [0.1, 0.15) is 50.7 Å². The van der Waals surface area contributed by atoms with Crippen LogP contribution in [0.25, 0.3) is 0 Å². The van der Waals surface area contributed by atoms with Gasteiger partial charge in [-0.1, -0.05) is 24.4 Å². The van der Waals surface area contributed by atoms with Crippen molar-refractivity contribution in [2.24, 2.45) is 5.92 Å². The molecule has 24 heavy (non-hydrogen) atoms. The highest BCUT2D eigenvalue weighted by atomic mass is 16.5. The molecule has 1 aromatic heterocycles. The summed E-state index contributed by atoms with van der Waals surface area (Å²) >= 11 is 0. The van der Waals surface area contributed by atoms with Gasteiger partial charge in [-0.25, -0.2) is 4.79 Å². The summed E-state index contributed by atoms with van der Waals surface area (Å²) in [5.41, 5.74) is 0. The zero-order chi connectivity index (χ0) is 16.9. The predicted molar refractivity (Wildman–Crippen MR) is 89.6 cm³/mol. The monoisotopic (exact) mass is 334 g/mol. The zero-order valence-electron chi connectivity index (χ0n) is 14.2. The number of rotatable bonds is 3. The average Bonchev–Trinajstić information content (AvgIpc) is 3.00. The largest absolute Gasteiger partial charge is 0.360 e. The summed E-state index contributed by atoms with van der Waals surface area (Å²) in [5.74, 6) is 0.992. The number of likely N-dealkylation sites (tertiary alicyclic amines) is 1. The molecule has 3 amide bonds. The fourth-order valence-electron chi connectivity index (χ4n) is 3.51. The number of nitrogens with one attached hydrogen (secondary N) is 2. The van der Waals surface area contributed by atoms with E-state index in [1.54, 1.807) is 13.0 Å². The molecule has 3 rings (SSSR count). The Labute approximate surface area is 142 Å². The van der Waals surface area contributed by atoms with E-state index in [1.807, 2.05) is 4.90 Å². The van der Waals surface area contributed by atoms with Gasteiger partial charge < -0.3 is 20.1 Å². The minimum Gasteiger partial charge on any atom is -0.360 e. The number of piperidine rings is 1. The molecule has 2 N–H and O–H groups in total. The molecule has 1 aliphatic carbocycles. The molecule has 0 bridgehead atoms. The Morgan fingerprint density at radius 3 is 2.50 bits per heavy atom. The highest BCUT2D eigenvalue weighted by molar-refractivity contribution is 5.91. The van der Waals surface area contributed by atoms with E-state index in [2.05, 4.69) is 15.8 Å². The molecular formula is C17H26N4O3. The smallest absolute Gasteiger partial charge is 0.317 e. The van der Waals surface area contributed by atoms with E-state index in [-0.39, 0.29) is 17.9 Å². The van der Waals surface area contributed by atoms with Gasteiger partial charge in [0.1, 0.15) is 5.76 Å². The maximum atomic E-state index is 12.3. The van der Waals surface area contributed by atoms with Crippen LogP contribution in [0.3, 0.4) is 0 Å². The zero-order valence-corrected chi connectivity index (χ0v) is 14.2. The number of aromatic nitrogens is 1. The molecule has 1 aliphatic heterocycles. The number of carbonyl (C=O) groups is 2. The number of carbonyl (C=O) groups excluding carboxylic acids is 2. The summed E-state index contributed by atoms with van der Waals surface area (Å²) in [6.07, 6.45) is 7.21. The molecule has 0 aromatic carbocycles. The first-order valence-electron chi connectivity index (χ1n) is 8.91. The van der Waals surface area contributed by atoms with Crippen molar-refractivity contribution in [1.29, 1.82) is 0 Å². The van der Waals surface area contributed by atoms with Crippen LogP contribution in [0.2, 0.25) is 0 Å². The van der Waals surface area contributed by atoms with Gasteiger partial charge in [0.05, 0.1) is 0 Å². The van der Waals surface area contributed by atoms with Crippen molar-refractivity contribution in [3.05, 3.63) is 11.8 Å². The lowest BCUT2D eigenvalue weighted by Gasteiger charge is -2.33. The van der Waals surface area contributed by atoms with Crippen molar-refractivity contribution >= 4 is 17.8 Å². The van der Waals surface area contributed by atoms with Gasteiger partial charge in [-0.15, -0.1) is 0 Å². The van der Waals surface area contributed by atoms with Crippen LogP contribution in [0, 0.1) is 12.8 Å². The quantitative estimate of drug-likeness (QED) is 0.889. The number of anilines is 1. The lowest BCUT2D eigenvalue weighted by atomic mass is 9.95. The highest BCUT2D eigenvalue weighted by Crippen LogP contribution is 2.21. The summed E-state index contributed by atoms with van der Waals surface area (Å²) < 4.78 is 4.95. The summed E-state index contributed by atoms with van der Waals surface area (Å²) in [4.78, 5) is 26.4. The third-order valence-electron chi connectivity index (χ3n) is 4.96. The topological polar surface area (TPSA) is 87.5 Å². The average molecular weight is 334 g/mol. The van der Waals surface area contributed by atoms with Crippen molar-refractivity contribution in [3.63, 3.8) is 0 Å². The molecule has 0 radical (unpaired) electrons. The molecule has 2 fully saturated rings. The summed E-state index contributed by atoms with van der Waals surface area (Å²) in [6.45, 7) is 3.02. The van der Waals surface area contributed by atoms with Gasteiger partial charge in [0.15, 0.2) is 5.82 Å². The SMILES string of the molecule is Cc1cc(NC(=O)C2CCN(C(=O)NC3CCCCC3)CC2)no1. The third kappa shape index (κ3) is 4.27. The second-order valence-corrected chi connectivity index (χ2v) is 6.86. The van der Waals surface area contributed by atoms with E-state index in [0.717, 1.165) is 12.8 Å². The van der Waals surface area contributed by atoms with Gasteiger partial charge in [0.25, 0.3) is 0 Å². The molecule has 7 heteroatoms. The standard InChI is InChI=1S/C17H26N4O3/c1-12-11-15(20-24-12)19-16(22)13-7-9-21(10-8-13)17(23)18-14-5-3-2-4-6-14/h11,13-14H,2-10H2,1H3,(H,18,23)(H,19,20,22).